The molecule has 4 fully saturated rings. The Hall–Kier alpha value is -5.20. The van der Waals surface area contributed by atoms with E-state index in [-0.39, 0.29) is 0 Å². The highest BCUT2D eigenvalue weighted by atomic mass is 15.0. The van der Waals surface area contributed by atoms with E-state index < -0.39 is 0 Å². The number of hydrogen-bond donors (Lipinski definition) is 0. The second-order valence-corrected chi connectivity index (χ2v) is 12.9. The Bertz CT molecular complexity index is 1870. The maximum absolute atomic E-state index is 7.46. The summed E-state index contributed by atoms with van der Waals surface area (Å²) in [4.78, 5) is 25.8. The van der Waals surface area contributed by atoms with Crippen LogP contribution in [0, 0.1) is 30.9 Å². The molecule has 4 saturated carbocycles. The summed E-state index contributed by atoms with van der Waals surface area (Å²) in [6.07, 6.45) is 11.7. The third kappa shape index (κ3) is 4.74. The summed E-state index contributed by atoms with van der Waals surface area (Å²) in [6, 6.07) is 26.7. The van der Waals surface area contributed by atoms with Gasteiger partial charge >= 0.3 is 0 Å². The standard InChI is InChI=1S/C38H30N6/c1-39-33-8-4-7-30(17-33)36-42-35(43-37(44-36)31-18-34(40-2)23-41-22-31)29-6-3-5-28(16-29)27-9-11-32(12-10-27)38-19-24-13-25(20-38)15-26(14-24)21-38/h3-12,16-18,22-26H,13-15,19-21H2. The van der Waals surface area contributed by atoms with E-state index in [4.69, 9.17) is 28.1 Å². The first-order chi connectivity index (χ1) is 21.6. The second kappa shape index (κ2) is 10.5. The fourth-order valence-electron chi connectivity index (χ4n) is 8.41. The normalized spacial score (nSPS) is 23.2. The fraction of sp³-hybridized carbons (Fsp3) is 0.263. The van der Waals surface area contributed by atoms with Gasteiger partial charge in [-0.1, -0.05) is 60.7 Å². The molecule has 0 N–H and O–H groups in total. The zero-order valence-electron chi connectivity index (χ0n) is 24.3. The van der Waals surface area contributed by atoms with E-state index in [0.717, 1.165) is 34.4 Å². The summed E-state index contributed by atoms with van der Waals surface area (Å²) in [5.74, 6) is 4.21. The first-order valence-electron chi connectivity index (χ1n) is 15.4. The van der Waals surface area contributed by atoms with Gasteiger partial charge in [0.2, 0.25) is 5.69 Å². The van der Waals surface area contributed by atoms with Crippen molar-refractivity contribution in [2.75, 3.05) is 0 Å². The van der Waals surface area contributed by atoms with Crippen LogP contribution in [0.1, 0.15) is 44.1 Å². The molecule has 4 aliphatic carbocycles. The molecule has 4 aliphatic rings. The lowest BCUT2D eigenvalue weighted by Gasteiger charge is -2.57. The van der Waals surface area contributed by atoms with Gasteiger partial charge in [0.25, 0.3) is 0 Å². The minimum atomic E-state index is 0.386. The van der Waals surface area contributed by atoms with Crippen molar-refractivity contribution >= 4 is 11.4 Å². The minimum absolute atomic E-state index is 0.386. The van der Waals surface area contributed by atoms with E-state index in [0.29, 0.717) is 39.8 Å². The van der Waals surface area contributed by atoms with Crippen molar-refractivity contribution in [1.29, 1.82) is 0 Å². The van der Waals surface area contributed by atoms with Crippen LogP contribution in [0.25, 0.3) is 55.0 Å². The maximum atomic E-state index is 7.46. The molecule has 6 nitrogen and oxygen atoms in total. The SMILES string of the molecule is [C-]#[N+]c1cccc(-c2nc(-c3cncc([N+]#[C-])c3)nc(-c3cccc(-c4ccc(C56CC7CC(CC(C7)C5)C6)cc4)c3)n2)c1. The van der Waals surface area contributed by atoms with Crippen molar-refractivity contribution in [3.8, 4) is 45.3 Å². The summed E-state index contributed by atoms with van der Waals surface area (Å²) < 4.78 is 0. The van der Waals surface area contributed by atoms with Gasteiger partial charge in [-0.25, -0.2) is 24.6 Å². The highest BCUT2D eigenvalue weighted by molar-refractivity contribution is 5.73. The lowest BCUT2D eigenvalue weighted by atomic mass is 9.48. The van der Waals surface area contributed by atoms with Crippen LogP contribution >= 0.6 is 0 Å². The predicted octanol–water partition coefficient (Wildman–Crippen LogP) is 9.50. The Morgan fingerprint density at radius 2 is 1.09 bits per heavy atom. The molecule has 212 valence electrons. The summed E-state index contributed by atoms with van der Waals surface area (Å²) in [5.41, 5.74) is 7.37. The molecule has 44 heavy (non-hydrogen) atoms. The molecular formula is C38H30N6. The Labute approximate surface area is 257 Å². The molecule has 0 unspecified atom stereocenters. The molecule has 2 heterocycles. The van der Waals surface area contributed by atoms with Gasteiger partial charge in [-0.15, -0.1) is 0 Å². The third-order valence-corrected chi connectivity index (χ3v) is 9.97. The molecule has 3 aromatic carbocycles. The van der Waals surface area contributed by atoms with Gasteiger partial charge in [-0.2, -0.15) is 0 Å². The Morgan fingerprint density at radius 3 is 1.73 bits per heavy atom. The zero-order valence-corrected chi connectivity index (χ0v) is 24.3. The van der Waals surface area contributed by atoms with Crippen molar-refractivity contribution in [3.63, 3.8) is 0 Å². The first-order valence-corrected chi connectivity index (χ1v) is 15.4. The summed E-state index contributed by atoms with van der Waals surface area (Å²) >= 11 is 0. The number of pyridine rings is 1. The van der Waals surface area contributed by atoms with Gasteiger partial charge in [0.15, 0.2) is 23.2 Å². The van der Waals surface area contributed by atoms with Crippen LogP contribution < -0.4 is 0 Å². The average molecular weight is 571 g/mol. The number of rotatable bonds is 5. The first kappa shape index (κ1) is 26.4. The van der Waals surface area contributed by atoms with E-state index in [1.54, 1.807) is 24.4 Å². The second-order valence-electron chi connectivity index (χ2n) is 12.9. The van der Waals surface area contributed by atoms with Crippen molar-refractivity contribution in [2.45, 2.75) is 43.9 Å². The van der Waals surface area contributed by atoms with Crippen LogP contribution in [0.2, 0.25) is 0 Å². The molecule has 5 aromatic rings. The lowest BCUT2D eigenvalue weighted by molar-refractivity contribution is -0.00518. The molecule has 0 saturated heterocycles. The van der Waals surface area contributed by atoms with E-state index in [1.807, 2.05) is 24.3 Å². The molecule has 0 atom stereocenters. The van der Waals surface area contributed by atoms with Gasteiger partial charge in [-0.05, 0) is 96.6 Å². The average Bonchev–Trinajstić information content (AvgIpc) is 3.07. The van der Waals surface area contributed by atoms with Crippen molar-refractivity contribution in [1.82, 2.24) is 19.9 Å². The maximum Gasteiger partial charge on any atom is 0.205 e. The Kier molecular flexibility index (Phi) is 6.31. The smallest absolute Gasteiger partial charge is 0.205 e. The van der Waals surface area contributed by atoms with Crippen LogP contribution in [-0.4, -0.2) is 19.9 Å². The van der Waals surface area contributed by atoms with Crippen LogP contribution in [0.3, 0.4) is 0 Å². The topological polar surface area (TPSA) is 60.3 Å². The molecule has 0 amide bonds. The molecule has 9 rings (SSSR count). The van der Waals surface area contributed by atoms with Gasteiger partial charge < -0.3 is 0 Å². The highest BCUT2D eigenvalue weighted by Crippen LogP contribution is 2.60. The Morgan fingerprint density at radius 1 is 0.545 bits per heavy atom. The van der Waals surface area contributed by atoms with Crippen molar-refractivity contribution < 1.29 is 0 Å². The quantitative estimate of drug-likeness (QED) is 0.197. The highest BCUT2D eigenvalue weighted by Gasteiger charge is 2.51. The number of aromatic nitrogens is 4. The number of nitrogens with zero attached hydrogens (tertiary/aromatic N) is 6. The van der Waals surface area contributed by atoms with Gasteiger partial charge in [0, 0.05) is 29.1 Å². The number of benzene rings is 3. The number of hydrogen-bond acceptors (Lipinski definition) is 4. The van der Waals surface area contributed by atoms with Crippen LogP contribution in [0.5, 0.6) is 0 Å². The van der Waals surface area contributed by atoms with Crippen molar-refractivity contribution in [2.24, 2.45) is 17.8 Å². The van der Waals surface area contributed by atoms with Crippen LogP contribution in [0.4, 0.5) is 11.4 Å². The molecule has 0 spiro atoms. The third-order valence-electron chi connectivity index (χ3n) is 9.97. The predicted molar refractivity (Wildman–Crippen MR) is 172 cm³/mol. The summed E-state index contributed by atoms with van der Waals surface area (Å²) in [5, 5.41) is 0. The fourth-order valence-corrected chi connectivity index (χ4v) is 8.41. The van der Waals surface area contributed by atoms with Gasteiger partial charge in [0.05, 0.1) is 13.1 Å². The molecule has 6 heteroatoms. The van der Waals surface area contributed by atoms with Crippen molar-refractivity contribution in [3.05, 3.63) is 120 Å². The Balaban J connectivity index is 1.17. The minimum Gasteiger partial charge on any atom is -0.276 e. The van der Waals surface area contributed by atoms with Gasteiger partial charge in [-0.3, -0.25) is 4.98 Å². The largest absolute Gasteiger partial charge is 0.276 e. The molecule has 4 bridgehead atoms. The summed E-state index contributed by atoms with van der Waals surface area (Å²) in [7, 11) is 0. The van der Waals surface area contributed by atoms with E-state index in [1.165, 1.54) is 55.8 Å². The molecule has 0 radical (unpaired) electrons. The zero-order chi connectivity index (χ0) is 29.7. The van der Waals surface area contributed by atoms with E-state index >= 15 is 0 Å². The van der Waals surface area contributed by atoms with Crippen LogP contribution in [0.15, 0.2) is 91.3 Å². The lowest BCUT2D eigenvalue weighted by Crippen LogP contribution is -2.48. The van der Waals surface area contributed by atoms with Gasteiger partial charge in [0.1, 0.15) is 0 Å². The monoisotopic (exact) mass is 570 g/mol. The summed E-state index contributed by atoms with van der Waals surface area (Å²) in [6.45, 7) is 14.9. The van der Waals surface area contributed by atoms with Crippen LogP contribution in [-0.2, 0) is 5.41 Å². The van der Waals surface area contributed by atoms with E-state index in [2.05, 4.69) is 51.1 Å². The molecule has 0 aliphatic heterocycles. The van der Waals surface area contributed by atoms with E-state index in [9.17, 15) is 0 Å². The molecule has 2 aromatic heterocycles. The molecular weight excluding hydrogens is 540 g/mol.